The van der Waals surface area contributed by atoms with Crippen LogP contribution in [0, 0.1) is 0 Å². The molecule has 2 aromatic heterocycles. The van der Waals surface area contributed by atoms with Crippen molar-refractivity contribution in [2.75, 3.05) is 6.61 Å². The van der Waals surface area contributed by atoms with Gasteiger partial charge in [0.2, 0.25) is 0 Å². The van der Waals surface area contributed by atoms with E-state index in [0.29, 0.717) is 18.1 Å². The van der Waals surface area contributed by atoms with Crippen molar-refractivity contribution in [2.24, 2.45) is 0 Å². The number of fused-ring (bicyclic) bond motifs is 1. The van der Waals surface area contributed by atoms with Gasteiger partial charge in [0, 0.05) is 16.4 Å². The number of hydrogen-bond acceptors (Lipinski definition) is 4. The largest absolute Gasteiger partial charge is 0.395 e. The zero-order valence-corrected chi connectivity index (χ0v) is 16.2. The summed E-state index contributed by atoms with van der Waals surface area (Å²) in [5.41, 5.74) is 3.05. The van der Waals surface area contributed by atoms with Gasteiger partial charge in [0.25, 0.3) is 0 Å². The van der Waals surface area contributed by atoms with E-state index in [0.717, 1.165) is 16.9 Å². The SMILES string of the molecule is OCCn1c(CN[C@@H](c2ccccc2)c2cccs2)nc2ccc(Cl)cc21. The van der Waals surface area contributed by atoms with E-state index in [9.17, 15) is 5.11 Å². The molecule has 0 bridgehead atoms. The molecule has 0 aliphatic carbocycles. The first kappa shape index (κ1) is 18.2. The number of thiophene rings is 1. The molecule has 6 heteroatoms. The molecule has 0 saturated carbocycles. The predicted octanol–water partition coefficient (Wildman–Crippen LogP) is 4.62. The number of halogens is 1. The molecule has 4 aromatic rings. The van der Waals surface area contributed by atoms with Crippen molar-refractivity contribution in [3.63, 3.8) is 0 Å². The molecule has 4 nitrogen and oxygen atoms in total. The lowest BCUT2D eigenvalue weighted by atomic mass is 10.1. The average molecular weight is 398 g/mol. The Balaban J connectivity index is 1.65. The number of nitrogens with zero attached hydrogens (tertiary/aromatic N) is 2. The van der Waals surface area contributed by atoms with Crippen LogP contribution in [0.1, 0.15) is 22.3 Å². The molecule has 0 fully saturated rings. The minimum absolute atomic E-state index is 0.0536. The van der Waals surface area contributed by atoms with E-state index >= 15 is 0 Å². The lowest BCUT2D eigenvalue weighted by molar-refractivity contribution is 0.275. The van der Waals surface area contributed by atoms with Gasteiger partial charge in [0.1, 0.15) is 5.82 Å². The number of aliphatic hydroxyl groups excluding tert-OH is 1. The summed E-state index contributed by atoms with van der Waals surface area (Å²) >= 11 is 7.89. The van der Waals surface area contributed by atoms with Crippen molar-refractivity contribution in [2.45, 2.75) is 19.1 Å². The molecule has 2 aromatic carbocycles. The Kier molecular flexibility index (Phi) is 5.55. The van der Waals surface area contributed by atoms with Gasteiger partial charge >= 0.3 is 0 Å². The van der Waals surface area contributed by atoms with Gasteiger partial charge < -0.3 is 9.67 Å². The lowest BCUT2D eigenvalue weighted by Gasteiger charge is -2.18. The van der Waals surface area contributed by atoms with Crippen LogP contribution in [0.2, 0.25) is 5.02 Å². The topological polar surface area (TPSA) is 50.1 Å². The Morgan fingerprint density at radius 3 is 2.70 bits per heavy atom. The molecule has 0 aliphatic heterocycles. The number of rotatable bonds is 7. The number of nitrogens with one attached hydrogen (secondary N) is 1. The number of imidazole rings is 1. The normalized spacial score (nSPS) is 12.5. The maximum absolute atomic E-state index is 9.50. The monoisotopic (exact) mass is 397 g/mol. The Morgan fingerprint density at radius 2 is 1.96 bits per heavy atom. The number of aliphatic hydroxyl groups is 1. The molecule has 138 valence electrons. The molecule has 0 unspecified atom stereocenters. The molecule has 0 radical (unpaired) electrons. The van der Waals surface area contributed by atoms with Crippen LogP contribution >= 0.6 is 22.9 Å². The third-order valence-corrected chi connectivity index (χ3v) is 5.71. The first-order valence-electron chi connectivity index (χ1n) is 8.83. The minimum Gasteiger partial charge on any atom is -0.395 e. The molecular formula is C21H20ClN3OS. The summed E-state index contributed by atoms with van der Waals surface area (Å²) in [4.78, 5) is 6.01. The smallest absolute Gasteiger partial charge is 0.123 e. The number of aromatic nitrogens is 2. The second kappa shape index (κ2) is 8.23. The summed E-state index contributed by atoms with van der Waals surface area (Å²) in [5, 5.41) is 15.9. The molecule has 0 aliphatic rings. The van der Waals surface area contributed by atoms with E-state index < -0.39 is 0 Å². The zero-order chi connectivity index (χ0) is 18.6. The summed E-state index contributed by atoms with van der Waals surface area (Å²) in [7, 11) is 0. The van der Waals surface area contributed by atoms with Gasteiger partial charge in [-0.1, -0.05) is 48.0 Å². The van der Waals surface area contributed by atoms with Crippen LogP contribution in [-0.4, -0.2) is 21.3 Å². The fourth-order valence-electron chi connectivity index (χ4n) is 3.31. The highest BCUT2D eigenvalue weighted by molar-refractivity contribution is 7.10. The van der Waals surface area contributed by atoms with Gasteiger partial charge in [-0.3, -0.25) is 5.32 Å². The summed E-state index contributed by atoms with van der Waals surface area (Å²) < 4.78 is 2.03. The third-order valence-electron chi connectivity index (χ3n) is 4.54. The fraction of sp³-hybridized carbons (Fsp3) is 0.190. The molecule has 0 spiro atoms. The second-order valence-corrected chi connectivity index (χ2v) is 7.69. The summed E-state index contributed by atoms with van der Waals surface area (Å²) in [5.74, 6) is 0.888. The van der Waals surface area contributed by atoms with Crippen LogP contribution in [0.5, 0.6) is 0 Å². The Hall–Kier alpha value is -2.18. The van der Waals surface area contributed by atoms with Crippen LogP contribution in [0.25, 0.3) is 11.0 Å². The van der Waals surface area contributed by atoms with E-state index in [1.165, 1.54) is 10.4 Å². The van der Waals surface area contributed by atoms with Crippen LogP contribution < -0.4 is 5.32 Å². The standard InChI is InChI=1S/C21H20ClN3OS/c22-16-8-9-17-18(13-16)25(10-11-26)20(24-17)14-23-21(19-7-4-12-27-19)15-5-2-1-3-6-15/h1-9,12-13,21,23,26H,10-11,14H2/t21-/m0/s1. The molecule has 0 amide bonds. The van der Waals surface area contributed by atoms with Crippen LogP contribution in [0.3, 0.4) is 0 Å². The summed E-state index contributed by atoms with van der Waals surface area (Å²) in [6, 6.07) is 20.4. The third kappa shape index (κ3) is 3.92. The molecule has 4 rings (SSSR count). The molecule has 27 heavy (non-hydrogen) atoms. The zero-order valence-electron chi connectivity index (χ0n) is 14.7. The number of hydrogen-bond donors (Lipinski definition) is 2. The van der Waals surface area contributed by atoms with E-state index in [1.807, 2.05) is 28.8 Å². The fourth-order valence-corrected chi connectivity index (χ4v) is 4.30. The van der Waals surface area contributed by atoms with Crippen molar-refractivity contribution in [3.05, 3.63) is 87.3 Å². The Labute approximate surface area is 167 Å². The van der Waals surface area contributed by atoms with Gasteiger partial charge in [0.15, 0.2) is 0 Å². The van der Waals surface area contributed by atoms with Gasteiger partial charge in [-0.2, -0.15) is 0 Å². The highest BCUT2D eigenvalue weighted by Crippen LogP contribution is 2.27. The molecule has 1 atom stereocenters. The molecule has 2 N–H and O–H groups in total. The minimum atomic E-state index is 0.0536. The summed E-state index contributed by atoms with van der Waals surface area (Å²) in [6.45, 7) is 1.13. The van der Waals surface area contributed by atoms with Crippen LogP contribution in [0.4, 0.5) is 0 Å². The first-order valence-corrected chi connectivity index (χ1v) is 10.1. The molecule has 2 heterocycles. The van der Waals surface area contributed by atoms with E-state index in [1.54, 1.807) is 11.3 Å². The Bertz CT molecular complexity index is 1010. The van der Waals surface area contributed by atoms with Crippen molar-refractivity contribution in [3.8, 4) is 0 Å². The quantitative estimate of drug-likeness (QED) is 0.478. The first-order chi connectivity index (χ1) is 13.3. The van der Waals surface area contributed by atoms with E-state index in [-0.39, 0.29) is 12.6 Å². The Morgan fingerprint density at radius 1 is 1.11 bits per heavy atom. The lowest BCUT2D eigenvalue weighted by Crippen LogP contribution is -2.23. The predicted molar refractivity (Wildman–Crippen MR) is 111 cm³/mol. The van der Waals surface area contributed by atoms with Crippen molar-refractivity contribution < 1.29 is 5.11 Å². The van der Waals surface area contributed by atoms with Crippen molar-refractivity contribution in [1.82, 2.24) is 14.9 Å². The molecular weight excluding hydrogens is 378 g/mol. The average Bonchev–Trinajstić information content (AvgIpc) is 3.32. The highest BCUT2D eigenvalue weighted by Gasteiger charge is 2.17. The maximum atomic E-state index is 9.50. The van der Waals surface area contributed by atoms with Crippen molar-refractivity contribution in [1.29, 1.82) is 0 Å². The van der Waals surface area contributed by atoms with E-state index in [4.69, 9.17) is 16.6 Å². The van der Waals surface area contributed by atoms with Gasteiger partial charge in [0.05, 0.1) is 30.2 Å². The molecule has 0 saturated heterocycles. The van der Waals surface area contributed by atoms with Gasteiger partial charge in [-0.05, 0) is 35.2 Å². The van der Waals surface area contributed by atoms with Crippen LogP contribution in [0.15, 0.2) is 66.0 Å². The van der Waals surface area contributed by atoms with E-state index in [2.05, 4.69) is 47.1 Å². The summed E-state index contributed by atoms with van der Waals surface area (Å²) in [6.07, 6.45) is 0. The van der Waals surface area contributed by atoms with Crippen molar-refractivity contribution >= 4 is 34.0 Å². The maximum Gasteiger partial charge on any atom is 0.123 e. The second-order valence-electron chi connectivity index (χ2n) is 6.28. The highest BCUT2D eigenvalue weighted by atomic mass is 35.5. The number of benzene rings is 2. The van der Waals surface area contributed by atoms with Gasteiger partial charge in [-0.15, -0.1) is 11.3 Å². The van der Waals surface area contributed by atoms with Gasteiger partial charge in [-0.25, -0.2) is 4.98 Å². The van der Waals surface area contributed by atoms with Crippen LogP contribution in [-0.2, 0) is 13.1 Å².